The molecule has 11 heteroatoms. The minimum atomic E-state index is -0.0826. The predicted octanol–water partition coefficient (Wildman–Crippen LogP) is 4.95. The van der Waals surface area contributed by atoms with Crippen molar-refractivity contribution >= 4 is 40.9 Å². The maximum atomic E-state index is 6.74. The summed E-state index contributed by atoms with van der Waals surface area (Å²) in [5, 5.41) is 17.3. The third-order valence-electron chi connectivity index (χ3n) is 6.53. The van der Waals surface area contributed by atoms with E-state index in [0.717, 1.165) is 34.4 Å². The number of thiol groups is 1. The number of fused-ring (bicyclic) bond motifs is 2. The van der Waals surface area contributed by atoms with Crippen molar-refractivity contribution < 1.29 is 14.2 Å². The second-order valence-corrected chi connectivity index (χ2v) is 8.54. The first-order valence-corrected chi connectivity index (χ1v) is 14.2. The van der Waals surface area contributed by atoms with Crippen molar-refractivity contribution in [2.75, 3.05) is 56.7 Å². The fourth-order valence-corrected chi connectivity index (χ4v) is 4.89. The molecule has 0 saturated carbocycles. The molecule has 0 aliphatic carbocycles. The molecule has 0 amide bonds. The largest absolute Gasteiger partial charge is 0.494 e. The molecule has 0 saturated heterocycles. The lowest BCUT2D eigenvalue weighted by atomic mass is 9.97. The first-order valence-electron chi connectivity index (χ1n) is 13.3. The molecule has 2 aromatic heterocycles. The van der Waals surface area contributed by atoms with Crippen LogP contribution in [0.15, 0.2) is 42.5 Å². The molecule has 1 aliphatic rings. The monoisotopic (exact) mass is 567 g/mol. The summed E-state index contributed by atoms with van der Waals surface area (Å²) < 4.78 is 19.1. The summed E-state index contributed by atoms with van der Waals surface area (Å²) in [5.74, 6) is 3.10. The minimum absolute atomic E-state index is 0.0700. The van der Waals surface area contributed by atoms with E-state index in [9.17, 15) is 0 Å². The predicted molar refractivity (Wildman–Crippen MR) is 167 cm³/mol. The third-order valence-corrected chi connectivity index (χ3v) is 6.53. The summed E-state index contributed by atoms with van der Waals surface area (Å²) >= 11 is 3.53. The maximum absolute atomic E-state index is 6.74. The fourth-order valence-electron chi connectivity index (χ4n) is 4.89. The molecule has 1 aliphatic heterocycles. The number of aryl methyl sites for hydroxylation is 1. The highest BCUT2D eigenvalue weighted by Crippen LogP contribution is 2.42. The molecule has 10 nitrogen and oxygen atoms in total. The Labute approximate surface area is 241 Å². The quantitative estimate of drug-likeness (QED) is 0.148. The van der Waals surface area contributed by atoms with Gasteiger partial charge in [0.2, 0.25) is 0 Å². The van der Waals surface area contributed by atoms with Crippen LogP contribution in [0, 0.1) is 6.92 Å². The molecular formula is C29H41N7O3S. The normalized spacial score (nSPS) is 13.8. The van der Waals surface area contributed by atoms with E-state index in [0.29, 0.717) is 36.3 Å². The number of nitrogens with two attached hydrogens (primary N) is 2. The molecule has 0 bridgehead atoms. The van der Waals surface area contributed by atoms with Gasteiger partial charge in [-0.1, -0.05) is 38.1 Å². The lowest BCUT2D eigenvalue weighted by Gasteiger charge is -2.26. The summed E-state index contributed by atoms with van der Waals surface area (Å²) in [7, 11) is 3.45. The number of rotatable bonds is 8. The lowest BCUT2D eigenvalue weighted by Crippen LogP contribution is -2.23. The molecule has 1 unspecified atom stereocenters. The fraction of sp³-hybridized carbons (Fsp3) is 0.379. The molecule has 6 N–H and O–H groups in total. The highest BCUT2D eigenvalue weighted by Gasteiger charge is 2.25. The van der Waals surface area contributed by atoms with Crippen molar-refractivity contribution in [2.24, 2.45) is 5.73 Å². The van der Waals surface area contributed by atoms with Gasteiger partial charge in [0.25, 0.3) is 0 Å². The second kappa shape index (κ2) is 14.6. The van der Waals surface area contributed by atoms with Gasteiger partial charge < -0.3 is 30.6 Å². The van der Waals surface area contributed by atoms with E-state index in [1.807, 2.05) is 50.6 Å². The zero-order chi connectivity index (χ0) is 29.2. The Bertz CT molecular complexity index is 1410. The summed E-state index contributed by atoms with van der Waals surface area (Å²) in [4.78, 5) is 0. The zero-order valence-corrected chi connectivity index (χ0v) is 25.0. The Morgan fingerprint density at radius 3 is 2.58 bits per heavy atom. The minimum Gasteiger partial charge on any atom is -0.494 e. The van der Waals surface area contributed by atoms with Crippen molar-refractivity contribution in [3.8, 4) is 17.2 Å². The SMILES string of the molecule is CC.CNc1c2c(NCC3OCCc4ccccc43)nnc(C)c2c(N)n1-c1ccc(OCN)cc1OC.CS. The molecule has 1 atom stereocenters. The molecule has 40 heavy (non-hydrogen) atoms. The van der Waals surface area contributed by atoms with E-state index in [2.05, 4.69) is 51.7 Å². The van der Waals surface area contributed by atoms with Crippen LogP contribution in [0.1, 0.15) is 36.8 Å². The smallest absolute Gasteiger partial charge is 0.160 e. The standard InChI is InChI=1S/C26H31N7O3.C2H6.CH4S/c1-15-22-23(25(32-31-15)30-13-21-18-7-5-4-6-16(18)10-11-35-21)26(29-2)33(24(22)28)19-9-8-17(36-14-27)12-20(19)34-3;2*1-2/h4-9,12,21,29H,10-11,13-14,27-28H2,1-3H3,(H,30,32);1-2H3;2H,1H3. The van der Waals surface area contributed by atoms with Gasteiger partial charge in [-0.05, 0) is 42.9 Å². The van der Waals surface area contributed by atoms with E-state index < -0.39 is 0 Å². The summed E-state index contributed by atoms with van der Waals surface area (Å²) in [6.07, 6.45) is 2.53. The van der Waals surface area contributed by atoms with Gasteiger partial charge in [0.05, 0.1) is 42.0 Å². The number of hydrogen-bond donors (Lipinski definition) is 5. The van der Waals surface area contributed by atoms with Crippen molar-refractivity contribution in [1.82, 2.24) is 14.8 Å². The Morgan fingerprint density at radius 1 is 1.12 bits per heavy atom. The summed E-state index contributed by atoms with van der Waals surface area (Å²) in [6, 6.07) is 13.9. The van der Waals surface area contributed by atoms with E-state index in [1.165, 1.54) is 11.1 Å². The number of aromatic nitrogens is 3. The Balaban J connectivity index is 0.00000106. The number of anilines is 3. The van der Waals surface area contributed by atoms with Crippen LogP contribution in [0.4, 0.5) is 17.5 Å². The van der Waals surface area contributed by atoms with Gasteiger partial charge in [-0.3, -0.25) is 10.3 Å². The van der Waals surface area contributed by atoms with E-state index in [1.54, 1.807) is 19.4 Å². The molecule has 4 aromatic rings. The van der Waals surface area contributed by atoms with Crippen molar-refractivity contribution in [3.63, 3.8) is 0 Å². The number of benzene rings is 2. The van der Waals surface area contributed by atoms with Gasteiger partial charge in [-0.2, -0.15) is 17.7 Å². The molecule has 0 radical (unpaired) electrons. The first-order chi connectivity index (χ1) is 19.6. The van der Waals surface area contributed by atoms with Crippen LogP contribution in [0.2, 0.25) is 0 Å². The van der Waals surface area contributed by atoms with Crippen LogP contribution in [0.3, 0.4) is 0 Å². The van der Waals surface area contributed by atoms with E-state index in [-0.39, 0.29) is 12.8 Å². The number of nitrogens with one attached hydrogen (secondary N) is 2. The van der Waals surface area contributed by atoms with Gasteiger partial charge >= 0.3 is 0 Å². The van der Waals surface area contributed by atoms with Crippen LogP contribution in [-0.4, -0.2) is 55.1 Å². The maximum Gasteiger partial charge on any atom is 0.160 e. The number of hydrogen-bond acceptors (Lipinski definition) is 10. The molecule has 3 heterocycles. The number of methoxy groups -OCH3 is 1. The Morgan fingerprint density at radius 2 is 1.88 bits per heavy atom. The number of nitrogens with zero attached hydrogens (tertiary/aromatic N) is 3. The molecule has 0 fully saturated rings. The Hall–Kier alpha value is -3.67. The van der Waals surface area contributed by atoms with Gasteiger partial charge in [-0.25, -0.2) is 0 Å². The summed E-state index contributed by atoms with van der Waals surface area (Å²) in [6.45, 7) is 7.20. The molecule has 2 aromatic carbocycles. The van der Waals surface area contributed by atoms with Crippen LogP contribution in [0.5, 0.6) is 11.5 Å². The van der Waals surface area contributed by atoms with Crippen LogP contribution in [0.25, 0.3) is 16.5 Å². The van der Waals surface area contributed by atoms with E-state index >= 15 is 0 Å². The van der Waals surface area contributed by atoms with Crippen molar-refractivity contribution in [3.05, 3.63) is 59.3 Å². The molecule has 5 rings (SSSR count). The topological polar surface area (TPSA) is 134 Å². The van der Waals surface area contributed by atoms with Crippen LogP contribution < -0.4 is 31.6 Å². The summed E-state index contributed by atoms with van der Waals surface area (Å²) in [5.41, 5.74) is 16.3. The number of nitrogen functional groups attached to an aromatic ring is 1. The molecule has 216 valence electrons. The van der Waals surface area contributed by atoms with Crippen molar-refractivity contribution in [1.29, 1.82) is 0 Å². The average Bonchev–Trinajstić information content (AvgIpc) is 3.31. The van der Waals surface area contributed by atoms with Gasteiger partial charge in [0, 0.05) is 19.7 Å². The van der Waals surface area contributed by atoms with Gasteiger partial charge in [0.1, 0.15) is 29.9 Å². The van der Waals surface area contributed by atoms with Crippen molar-refractivity contribution in [2.45, 2.75) is 33.3 Å². The van der Waals surface area contributed by atoms with Gasteiger partial charge in [-0.15, -0.1) is 5.10 Å². The second-order valence-electron chi connectivity index (χ2n) is 8.54. The highest BCUT2D eigenvalue weighted by atomic mass is 32.1. The Kier molecular flexibility index (Phi) is 11.3. The van der Waals surface area contributed by atoms with Gasteiger partial charge in [0.15, 0.2) is 5.82 Å². The highest BCUT2D eigenvalue weighted by molar-refractivity contribution is 7.79. The zero-order valence-electron chi connectivity index (χ0n) is 24.1. The van der Waals surface area contributed by atoms with E-state index in [4.69, 9.17) is 25.7 Å². The third kappa shape index (κ3) is 6.06. The molecule has 0 spiro atoms. The average molecular weight is 568 g/mol. The lowest BCUT2D eigenvalue weighted by molar-refractivity contribution is 0.0513. The first kappa shape index (κ1) is 30.9. The molecular weight excluding hydrogens is 526 g/mol. The number of ether oxygens (including phenoxy) is 3. The van der Waals surface area contributed by atoms with Crippen LogP contribution >= 0.6 is 12.6 Å². The van der Waals surface area contributed by atoms with Crippen LogP contribution in [-0.2, 0) is 11.2 Å².